The van der Waals surface area contributed by atoms with Crippen LogP contribution < -0.4 is 11.2 Å². The number of fused-ring (bicyclic) bond motifs is 1. The molecule has 0 radical (unpaired) electrons. The minimum atomic E-state index is -0.454. The monoisotopic (exact) mass is 400 g/mol. The number of hydrogen-bond acceptors (Lipinski definition) is 5. The Hall–Kier alpha value is -2.67. The molecule has 3 rings (SSSR count). The van der Waals surface area contributed by atoms with Gasteiger partial charge in [-0.1, -0.05) is 37.3 Å². The Balaban J connectivity index is 2.19. The largest absolute Gasteiger partial charge is 0.462 e. The minimum Gasteiger partial charge on any atom is -0.462 e. The third kappa shape index (κ3) is 3.67. The van der Waals surface area contributed by atoms with Gasteiger partial charge in [0.2, 0.25) is 0 Å². The van der Waals surface area contributed by atoms with Crippen molar-refractivity contribution in [1.29, 1.82) is 0 Å². The van der Waals surface area contributed by atoms with E-state index in [2.05, 4.69) is 0 Å². The molecule has 6 nitrogen and oxygen atoms in total. The Morgan fingerprint density at radius 1 is 1.07 bits per heavy atom. The number of rotatable bonds is 7. The molecule has 0 saturated carbocycles. The zero-order valence-electron chi connectivity index (χ0n) is 16.4. The topological polar surface area (TPSA) is 70.3 Å². The maximum atomic E-state index is 13.0. The van der Waals surface area contributed by atoms with Gasteiger partial charge in [0.1, 0.15) is 9.71 Å². The summed E-state index contributed by atoms with van der Waals surface area (Å²) in [6.07, 6.45) is 1.33. The first-order chi connectivity index (χ1) is 13.5. The van der Waals surface area contributed by atoms with Crippen molar-refractivity contribution in [3.63, 3.8) is 0 Å². The molecule has 0 N–H and O–H groups in total. The van der Waals surface area contributed by atoms with Gasteiger partial charge in [0.05, 0.1) is 12.0 Å². The van der Waals surface area contributed by atoms with E-state index in [1.165, 1.54) is 4.57 Å². The number of carbonyl (C=O) groups excluding carboxylic acids is 1. The van der Waals surface area contributed by atoms with Crippen LogP contribution in [0.2, 0.25) is 0 Å². The molecule has 0 aliphatic heterocycles. The van der Waals surface area contributed by atoms with Crippen molar-refractivity contribution in [2.75, 3.05) is 6.61 Å². The second-order valence-corrected chi connectivity index (χ2v) is 7.58. The van der Waals surface area contributed by atoms with E-state index < -0.39 is 5.97 Å². The lowest BCUT2D eigenvalue weighted by atomic mass is 10.1. The van der Waals surface area contributed by atoms with Crippen LogP contribution in [0.25, 0.3) is 10.2 Å². The van der Waals surface area contributed by atoms with Gasteiger partial charge >= 0.3 is 11.7 Å². The molecule has 1 aromatic carbocycles. The average Bonchev–Trinajstić information content (AvgIpc) is 3.03. The number of benzene rings is 1. The second-order valence-electron chi connectivity index (χ2n) is 6.58. The summed E-state index contributed by atoms with van der Waals surface area (Å²) < 4.78 is 8.04. The highest BCUT2D eigenvalue weighted by Gasteiger charge is 2.23. The number of esters is 1. The van der Waals surface area contributed by atoms with Crippen molar-refractivity contribution in [2.45, 2.75) is 46.7 Å². The van der Waals surface area contributed by atoms with Gasteiger partial charge in [-0.05, 0) is 37.8 Å². The normalized spacial score (nSPS) is 11.1. The second kappa shape index (κ2) is 8.56. The van der Waals surface area contributed by atoms with Crippen LogP contribution >= 0.6 is 11.3 Å². The number of aryl methyl sites for hydroxylation is 3. The van der Waals surface area contributed by atoms with E-state index >= 15 is 0 Å². The zero-order valence-corrected chi connectivity index (χ0v) is 17.2. The molecular formula is C21H24N2O4S. The van der Waals surface area contributed by atoms with Crippen LogP contribution in [0.4, 0.5) is 0 Å². The van der Waals surface area contributed by atoms with Crippen LogP contribution in [-0.2, 0) is 24.2 Å². The molecular weight excluding hydrogens is 376 g/mol. The van der Waals surface area contributed by atoms with E-state index in [0.717, 1.165) is 16.9 Å². The Labute approximate surface area is 167 Å². The number of ether oxygens (including phenoxy) is 1. The molecule has 0 fully saturated rings. The van der Waals surface area contributed by atoms with Gasteiger partial charge in [-0.25, -0.2) is 9.59 Å². The molecule has 28 heavy (non-hydrogen) atoms. The van der Waals surface area contributed by atoms with Gasteiger partial charge in [-0.2, -0.15) is 0 Å². The van der Waals surface area contributed by atoms with Gasteiger partial charge in [0.25, 0.3) is 5.56 Å². The lowest BCUT2D eigenvalue weighted by molar-refractivity contribution is 0.0531. The van der Waals surface area contributed by atoms with Crippen molar-refractivity contribution in [3.05, 3.63) is 67.2 Å². The van der Waals surface area contributed by atoms with Crippen LogP contribution in [0.5, 0.6) is 0 Å². The zero-order chi connectivity index (χ0) is 20.3. The summed E-state index contributed by atoms with van der Waals surface area (Å²) in [6.45, 7) is 6.45. The third-order valence-corrected chi connectivity index (χ3v) is 5.96. The van der Waals surface area contributed by atoms with Crippen LogP contribution in [0.1, 0.15) is 41.1 Å². The van der Waals surface area contributed by atoms with Crippen molar-refractivity contribution in [2.24, 2.45) is 0 Å². The molecule has 7 heteroatoms. The van der Waals surface area contributed by atoms with Crippen LogP contribution in [0.3, 0.4) is 0 Å². The fourth-order valence-corrected chi connectivity index (χ4v) is 4.50. The molecule has 0 bridgehead atoms. The van der Waals surface area contributed by atoms with Crippen molar-refractivity contribution < 1.29 is 9.53 Å². The quantitative estimate of drug-likeness (QED) is 0.570. The molecule has 0 aliphatic carbocycles. The maximum absolute atomic E-state index is 13.0. The highest BCUT2D eigenvalue weighted by atomic mass is 32.1. The van der Waals surface area contributed by atoms with Crippen LogP contribution in [-0.4, -0.2) is 21.7 Å². The number of aromatic nitrogens is 2. The molecule has 0 spiro atoms. The van der Waals surface area contributed by atoms with Gasteiger partial charge in [0, 0.05) is 13.1 Å². The van der Waals surface area contributed by atoms with E-state index in [-0.39, 0.29) is 17.9 Å². The summed E-state index contributed by atoms with van der Waals surface area (Å²) in [5, 5.41) is 0.439. The summed E-state index contributed by atoms with van der Waals surface area (Å²) in [4.78, 5) is 39.3. The Morgan fingerprint density at radius 2 is 1.79 bits per heavy atom. The maximum Gasteiger partial charge on any atom is 0.348 e. The van der Waals surface area contributed by atoms with Crippen molar-refractivity contribution in [3.8, 4) is 0 Å². The summed E-state index contributed by atoms with van der Waals surface area (Å²) in [5.41, 5.74) is 1.03. The van der Waals surface area contributed by atoms with Crippen molar-refractivity contribution in [1.82, 2.24) is 9.13 Å². The number of carbonyl (C=O) groups is 1. The Bertz CT molecular complexity index is 1110. The van der Waals surface area contributed by atoms with Gasteiger partial charge < -0.3 is 4.74 Å². The molecule has 0 atom stereocenters. The highest BCUT2D eigenvalue weighted by Crippen LogP contribution is 2.28. The summed E-state index contributed by atoms with van der Waals surface area (Å²) in [6, 6.07) is 9.88. The predicted molar refractivity (Wildman–Crippen MR) is 111 cm³/mol. The minimum absolute atomic E-state index is 0.257. The third-order valence-electron chi connectivity index (χ3n) is 4.67. The highest BCUT2D eigenvalue weighted by molar-refractivity contribution is 7.20. The molecule has 2 aromatic heterocycles. The fourth-order valence-electron chi connectivity index (χ4n) is 3.29. The summed E-state index contributed by atoms with van der Waals surface area (Å²) >= 11 is 1.16. The van der Waals surface area contributed by atoms with Gasteiger partial charge in [-0.15, -0.1) is 11.3 Å². The molecule has 3 aromatic rings. The van der Waals surface area contributed by atoms with Gasteiger partial charge in [-0.3, -0.25) is 13.9 Å². The fraction of sp³-hybridized carbons (Fsp3) is 0.381. The molecule has 2 heterocycles. The summed E-state index contributed by atoms with van der Waals surface area (Å²) in [5.74, 6) is -0.454. The summed E-state index contributed by atoms with van der Waals surface area (Å²) in [7, 11) is 0. The van der Waals surface area contributed by atoms with Crippen molar-refractivity contribution >= 4 is 27.5 Å². The smallest absolute Gasteiger partial charge is 0.348 e. The van der Waals surface area contributed by atoms with E-state index in [9.17, 15) is 14.4 Å². The lowest BCUT2D eigenvalue weighted by Crippen LogP contribution is -2.40. The first-order valence-corrected chi connectivity index (χ1v) is 10.3. The predicted octanol–water partition coefficient (Wildman–Crippen LogP) is 3.36. The van der Waals surface area contributed by atoms with Crippen LogP contribution in [0, 0.1) is 6.92 Å². The molecule has 0 aliphatic rings. The number of thiophene rings is 1. The SMILES string of the molecule is CCCn1c(=O)c2c(C)c(C(=O)OCC)sc2n(CCc2ccccc2)c1=O. The Morgan fingerprint density at radius 3 is 2.43 bits per heavy atom. The first kappa shape index (κ1) is 20.1. The number of hydrogen-bond donors (Lipinski definition) is 0. The van der Waals surface area contributed by atoms with Gasteiger partial charge in [0.15, 0.2) is 0 Å². The lowest BCUT2D eigenvalue weighted by Gasteiger charge is -2.11. The molecule has 0 amide bonds. The number of nitrogens with zero attached hydrogens (tertiary/aromatic N) is 2. The first-order valence-electron chi connectivity index (χ1n) is 9.47. The standard InChI is InChI=1S/C21H24N2O4S/c1-4-12-22-18(24)16-14(3)17(20(25)27-5-2)28-19(16)23(21(22)26)13-11-15-9-7-6-8-10-15/h6-10H,4-5,11-13H2,1-3H3. The van der Waals surface area contributed by atoms with E-state index in [1.807, 2.05) is 37.3 Å². The van der Waals surface area contributed by atoms with Crippen LogP contribution in [0.15, 0.2) is 39.9 Å². The molecule has 0 unspecified atom stereocenters. The van der Waals surface area contributed by atoms with E-state index in [4.69, 9.17) is 4.74 Å². The van der Waals surface area contributed by atoms with E-state index in [0.29, 0.717) is 46.6 Å². The Kier molecular flexibility index (Phi) is 6.14. The average molecular weight is 401 g/mol. The molecule has 0 saturated heterocycles. The van der Waals surface area contributed by atoms with E-state index in [1.54, 1.807) is 18.4 Å². The molecule has 148 valence electrons.